The number of aryl methyl sites for hydroxylation is 2. The number of benzene rings is 2. The number of aromatic nitrogens is 1. The van der Waals surface area contributed by atoms with E-state index in [9.17, 15) is 8.42 Å². The molecule has 0 fully saturated rings. The topological polar surface area (TPSA) is 50.3 Å². The number of nitrogens with zero attached hydrogens (tertiary/aromatic N) is 2. The summed E-state index contributed by atoms with van der Waals surface area (Å²) in [6.07, 6.45) is 1.23. The van der Waals surface area contributed by atoms with Gasteiger partial charge in [0.15, 0.2) is 0 Å². The molecule has 0 radical (unpaired) electrons. The predicted octanol–water partition coefficient (Wildman–Crippen LogP) is 3.48. The van der Waals surface area contributed by atoms with E-state index in [-0.39, 0.29) is 5.75 Å². The lowest BCUT2D eigenvalue weighted by Gasteiger charge is -2.19. The van der Waals surface area contributed by atoms with Crippen molar-refractivity contribution in [2.45, 2.75) is 19.8 Å². The van der Waals surface area contributed by atoms with Crippen molar-refractivity contribution >= 4 is 26.7 Å². The summed E-state index contributed by atoms with van der Waals surface area (Å²) in [4.78, 5) is 4.67. The highest BCUT2D eigenvalue weighted by atomic mass is 32.2. The van der Waals surface area contributed by atoms with Gasteiger partial charge in [0.05, 0.1) is 11.3 Å². The molecule has 25 heavy (non-hydrogen) atoms. The van der Waals surface area contributed by atoms with Gasteiger partial charge in [-0.05, 0) is 48.6 Å². The first-order chi connectivity index (χ1) is 12.0. The molecule has 0 saturated heterocycles. The maximum absolute atomic E-state index is 12.9. The molecule has 5 heteroatoms. The molecule has 4 rings (SSSR count). The third kappa shape index (κ3) is 3.12. The van der Waals surface area contributed by atoms with Crippen molar-refractivity contribution in [1.29, 1.82) is 0 Å². The van der Waals surface area contributed by atoms with Crippen molar-refractivity contribution in [3.63, 3.8) is 0 Å². The molecule has 0 amide bonds. The Morgan fingerprint density at radius 2 is 1.88 bits per heavy atom. The van der Waals surface area contributed by atoms with Crippen LogP contribution in [-0.2, 0) is 22.9 Å². The van der Waals surface area contributed by atoms with Crippen molar-refractivity contribution in [3.8, 4) is 0 Å². The van der Waals surface area contributed by atoms with Crippen LogP contribution < -0.4 is 4.31 Å². The highest BCUT2D eigenvalue weighted by Gasteiger charge is 2.30. The van der Waals surface area contributed by atoms with Gasteiger partial charge >= 0.3 is 0 Å². The molecule has 3 aromatic rings. The number of fused-ring (bicyclic) bond motifs is 2. The minimum absolute atomic E-state index is 0.101. The van der Waals surface area contributed by atoms with E-state index in [1.54, 1.807) is 0 Å². The number of rotatable bonds is 4. The fraction of sp³-hybridized carbons (Fsp3) is 0.250. The van der Waals surface area contributed by atoms with E-state index in [0.717, 1.165) is 34.0 Å². The highest BCUT2D eigenvalue weighted by molar-refractivity contribution is 7.92. The van der Waals surface area contributed by atoms with Crippen molar-refractivity contribution in [1.82, 2.24) is 4.98 Å². The second-order valence-electron chi connectivity index (χ2n) is 6.54. The zero-order valence-electron chi connectivity index (χ0n) is 14.1. The lowest BCUT2D eigenvalue weighted by Crippen LogP contribution is -2.32. The SMILES string of the molecule is Cc1ccc2cc3c(nc2c1)N(S(=O)(=O)CCc1ccccc1)CC3. The lowest BCUT2D eigenvalue weighted by atomic mass is 10.1. The van der Waals surface area contributed by atoms with Gasteiger partial charge in [0.2, 0.25) is 10.0 Å². The second-order valence-corrected chi connectivity index (χ2v) is 8.55. The second kappa shape index (κ2) is 6.15. The summed E-state index contributed by atoms with van der Waals surface area (Å²) in [6.45, 7) is 2.50. The van der Waals surface area contributed by atoms with E-state index in [1.807, 2.05) is 49.4 Å². The molecule has 0 atom stereocenters. The normalized spacial score (nSPS) is 14.0. The van der Waals surface area contributed by atoms with E-state index >= 15 is 0 Å². The standard InChI is InChI=1S/C20H20N2O2S/c1-15-7-8-17-14-18-9-11-22(20(18)21-19(17)13-15)25(23,24)12-10-16-5-3-2-4-6-16/h2-8,13-14H,9-12H2,1H3. The first-order valence-electron chi connectivity index (χ1n) is 8.47. The Balaban J connectivity index is 1.64. The molecule has 4 nitrogen and oxygen atoms in total. The third-order valence-electron chi connectivity index (χ3n) is 4.68. The number of hydrogen-bond acceptors (Lipinski definition) is 3. The Morgan fingerprint density at radius 1 is 1.08 bits per heavy atom. The van der Waals surface area contributed by atoms with Crippen molar-refractivity contribution < 1.29 is 8.42 Å². The van der Waals surface area contributed by atoms with Crippen LogP contribution in [0.5, 0.6) is 0 Å². The molecule has 0 N–H and O–H groups in total. The van der Waals surface area contributed by atoms with Gasteiger partial charge < -0.3 is 0 Å². The monoisotopic (exact) mass is 352 g/mol. The van der Waals surface area contributed by atoms with Gasteiger partial charge in [0.25, 0.3) is 0 Å². The fourth-order valence-electron chi connectivity index (χ4n) is 3.31. The maximum Gasteiger partial charge on any atom is 0.236 e. The number of sulfonamides is 1. The predicted molar refractivity (Wildman–Crippen MR) is 101 cm³/mol. The van der Waals surface area contributed by atoms with Gasteiger partial charge in [-0.25, -0.2) is 13.4 Å². The van der Waals surface area contributed by atoms with Crippen LogP contribution in [0.15, 0.2) is 54.6 Å². The van der Waals surface area contributed by atoms with Crippen LogP contribution in [0, 0.1) is 6.92 Å². The molecular weight excluding hydrogens is 332 g/mol. The van der Waals surface area contributed by atoms with Crippen LogP contribution in [0.3, 0.4) is 0 Å². The summed E-state index contributed by atoms with van der Waals surface area (Å²) >= 11 is 0. The third-order valence-corrected chi connectivity index (χ3v) is 6.42. The van der Waals surface area contributed by atoms with Gasteiger partial charge in [-0.2, -0.15) is 0 Å². The van der Waals surface area contributed by atoms with Crippen LogP contribution >= 0.6 is 0 Å². The van der Waals surface area contributed by atoms with E-state index < -0.39 is 10.0 Å². The molecule has 1 aliphatic rings. The van der Waals surface area contributed by atoms with Crippen molar-refractivity contribution in [3.05, 3.63) is 71.3 Å². The van der Waals surface area contributed by atoms with Crippen molar-refractivity contribution in [2.75, 3.05) is 16.6 Å². The van der Waals surface area contributed by atoms with Gasteiger partial charge in [0, 0.05) is 11.9 Å². The molecule has 128 valence electrons. The molecule has 2 aromatic carbocycles. The molecule has 0 saturated carbocycles. The summed E-state index contributed by atoms with van der Waals surface area (Å²) in [5.41, 5.74) is 4.02. The number of pyridine rings is 1. The van der Waals surface area contributed by atoms with E-state index in [2.05, 4.69) is 17.1 Å². The fourth-order valence-corrected chi connectivity index (χ4v) is 4.82. The number of anilines is 1. The summed E-state index contributed by atoms with van der Waals surface area (Å²) in [5, 5.41) is 1.06. The molecule has 0 unspecified atom stereocenters. The molecule has 2 heterocycles. The van der Waals surface area contributed by atoms with Gasteiger partial charge in [-0.15, -0.1) is 0 Å². The molecular formula is C20H20N2O2S. The molecule has 0 bridgehead atoms. The summed E-state index contributed by atoms with van der Waals surface area (Å²) < 4.78 is 27.2. The van der Waals surface area contributed by atoms with Crippen LogP contribution in [0.2, 0.25) is 0 Å². The van der Waals surface area contributed by atoms with Gasteiger partial charge in [0.1, 0.15) is 5.82 Å². The van der Waals surface area contributed by atoms with Crippen LogP contribution in [0.4, 0.5) is 5.82 Å². The largest absolute Gasteiger partial charge is 0.253 e. The van der Waals surface area contributed by atoms with E-state index in [1.165, 1.54) is 4.31 Å². The van der Waals surface area contributed by atoms with E-state index in [0.29, 0.717) is 18.8 Å². The van der Waals surface area contributed by atoms with Crippen LogP contribution in [-0.4, -0.2) is 25.7 Å². The van der Waals surface area contributed by atoms with Crippen LogP contribution in [0.25, 0.3) is 10.9 Å². The average Bonchev–Trinajstić information content (AvgIpc) is 3.02. The van der Waals surface area contributed by atoms with Gasteiger partial charge in [-0.3, -0.25) is 4.31 Å². The quantitative estimate of drug-likeness (QED) is 0.722. The number of hydrogen-bond donors (Lipinski definition) is 0. The van der Waals surface area contributed by atoms with Crippen molar-refractivity contribution in [2.24, 2.45) is 0 Å². The molecule has 1 aromatic heterocycles. The highest BCUT2D eigenvalue weighted by Crippen LogP contribution is 2.31. The Labute approximate surface area is 148 Å². The van der Waals surface area contributed by atoms with Crippen LogP contribution in [0.1, 0.15) is 16.7 Å². The zero-order chi connectivity index (χ0) is 17.4. The smallest absolute Gasteiger partial charge is 0.236 e. The Kier molecular flexibility index (Phi) is 3.96. The maximum atomic E-state index is 12.9. The Bertz CT molecular complexity index is 1030. The Morgan fingerprint density at radius 3 is 2.68 bits per heavy atom. The van der Waals surface area contributed by atoms with Gasteiger partial charge in [-0.1, -0.05) is 42.5 Å². The summed E-state index contributed by atoms with van der Waals surface area (Å²) in [5.74, 6) is 0.704. The first kappa shape index (κ1) is 16.1. The first-order valence-corrected chi connectivity index (χ1v) is 10.1. The Hall–Kier alpha value is -2.40. The molecule has 0 spiro atoms. The average molecular weight is 352 g/mol. The minimum atomic E-state index is -3.38. The zero-order valence-corrected chi connectivity index (χ0v) is 15.0. The molecule has 0 aliphatic carbocycles. The molecule has 1 aliphatic heterocycles. The lowest BCUT2D eigenvalue weighted by molar-refractivity contribution is 0.591. The minimum Gasteiger partial charge on any atom is -0.253 e. The summed E-state index contributed by atoms with van der Waals surface area (Å²) in [7, 11) is -3.38. The summed E-state index contributed by atoms with van der Waals surface area (Å²) in [6, 6.07) is 17.9. The van der Waals surface area contributed by atoms with E-state index in [4.69, 9.17) is 0 Å².